The number of carbonyl (C=O) groups excluding carboxylic acids is 1. The first-order chi connectivity index (χ1) is 6.54. The number of likely N-dealkylation sites (N-methyl/N-ethyl adjacent to an activating group) is 1. The van der Waals surface area contributed by atoms with Crippen LogP contribution in [0.5, 0.6) is 0 Å². The van der Waals surface area contributed by atoms with E-state index in [4.69, 9.17) is 4.74 Å². The maximum atomic E-state index is 11.5. The molecule has 0 bridgehead atoms. The lowest BCUT2D eigenvalue weighted by atomic mass is 10.1. The van der Waals surface area contributed by atoms with Gasteiger partial charge in [0.15, 0.2) is 0 Å². The van der Waals surface area contributed by atoms with E-state index in [1.54, 1.807) is 7.05 Å². The fraction of sp³-hybridized carbons (Fsp3) is 0.900. The third-order valence-electron chi connectivity index (χ3n) is 2.15. The lowest BCUT2D eigenvalue weighted by Gasteiger charge is -2.22. The average molecular weight is 202 g/mol. The summed E-state index contributed by atoms with van der Waals surface area (Å²) in [5.74, 6) is 0.0245. The van der Waals surface area contributed by atoms with Gasteiger partial charge in [-0.15, -0.1) is 0 Å². The van der Waals surface area contributed by atoms with Crippen molar-refractivity contribution >= 4 is 5.91 Å². The lowest BCUT2D eigenvalue weighted by Crippen LogP contribution is -2.51. The molecule has 0 aromatic rings. The zero-order chi connectivity index (χ0) is 11.0. The van der Waals surface area contributed by atoms with Crippen LogP contribution in [0.15, 0.2) is 0 Å². The molecule has 0 aromatic carbocycles. The molecule has 0 atom stereocenters. The smallest absolute Gasteiger partial charge is 0.239 e. The quantitative estimate of drug-likeness (QED) is 0.592. The molecular formula is C10H22N2O2. The molecule has 0 aromatic heterocycles. The molecule has 0 rings (SSSR count). The molecule has 2 N–H and O–H groups in total. The van der Waals surface area contributed by atoms with Gasteiger partial charge in [-0.3, -0.25) is 4.79 Å². The first-order valence-corrected chi connectivity index (χ1v) is 5.09. The summed E-state index contributed by atoms with van der Waals surface area (Å²) < 4.78 is 5.16. The summed E-state index contributed by atoms with van der Waals surface area (Å²) in [5.41, 5.74) is -0.494. The molecule has 4 heteroatoms. The van der Waals surface area contributed by atoms with Gasteiger partial charge in [0, 0.05) is 19.8 Å². The Hall–Kier alpha value is -0.610. The minimum Gasteiger partial charge on any atom is -0.382 e. The van der Waals surface area contributed by atoms with Crippen molar-refractivity contribution in [3.63, 3.8) is 0 Å². The molecule has 0 radical (unpaired) electrons. The second-order valence-corrected chi connectivity index (χ2v) is 3.68. The van der Waals surface area contributed by atoms with Crippen molar-refractivity contribution in [2.24, 2.45) is 0 Å². The number of nitrogens with one attached hydrogen (secondary N) is 2. The van der Waals surface area contributed by atoms with Gasteiger partial charge in [0.2, 0.25) is 5.91 Å². The first-order valence-electron chi connectivity index (χ1n) is 5.09. The van der Waals surface area contributed by atoms with Gasteiger partial charge in [-0.05, 0) is 34.2 Å². The second-order valence-electron chi connectivity index (χ2n) is 3.68. The number of ether oxygens (including phenoxy) is 1. The Bertz CT molecular complexity index is 170. The van der Waals surface area contributed by atoms with E-state index in [1.165, 1.54) is 0 Å². The van der Waals surface area contributed by atoms with E-state index in [1.807, 2.05) is 20.8 Å². The van der Waals surface area contributed by atoms with Crippen LogP contribution in [-0.2, 0) is 9.53 Å². The summed E-state index contributed by atoms with van der Waals surface area (Å²) in [7, 11) is 1.78. The highest BCUT2D eigenvalue weighted by Gasteiger charge is 2.24. The van der Waals surface area contributed by atoms with Crippen molar-refractivity contribution in [2.45, 2.75) is 32.7 Å². The highest BCUT2D eigenvalue weighted by molar-refractivity contribution is 5.85. The van der Waals surface area contributed by atoms with Crippen LogP contribution in [0.25, 0.3) is 0 Å². The van der Waals surface area contributed by atoms with E-state index in [2.05, 4.69) is 10.6 Å². The Morgan fingerprint density at radius 3 is 2.57 bits per heavy atom. The van der Waals surface area contributed by atoms with Gasteiger partial charge in [0.05, 0.1) is 5.54 Å². The Morgan fingerprint density at radius 2 is 2.07 bits per heavy atom. The number of amides is 1. The van der Waals surface area contributed by atoms with Crippen LogP contribution < -0.4 is 10.6 Å². The largest absolute Gasteiger partial charge is 0.382 e. The normalized spacial score (nSPS) is 11.4. The van der Waals surface area contributed by atoms with Crippen molar-refractivity contribution in [3.8, 4) is 0 Å². The molecule has 0 aliphatic rings. The zero-order valence-corrected chi connectivity index (χ0v) is 9.64. The Balaban J connectivity index is 3.54. The summed E-state index contributed by atoms with van der Waals surface area (Å²) >= 11 is 0. The molecule has 4 nitrogen and oxygen atoms in total. The highest BCUT2D eigenvalue weighted by atomic mass is 16.5. The fourth-order valence-electron chi connectivity index (χ4n) is 0.855. The molecule has 0 aliphatic carbocycles. The van der Waals surface area contributed by atoms with E-state index in [9.17, 15) is 4.79 Å². The van der Waals surface area contributed by atoms with Crippen molar-refractivity contribution in [2.75, 3.05) is 26.8 Å². The summed E-state index contributed by atoms with van der Waals surface area (Å²) in [6.45, 7) is 7.77. The maximum absolute atomic E-state index is 11.5. The predicted molar refractivity (Wildman–Crippen MR) is 57.3 cm³/mol. The Morgan fingerprint density at radius 1 is 1.43 bits per heavy atom. The maximum Gasteiger partial charge on any atom is 0.239 e. The second kappa shape index (κ2) is 6.79. The fourth-order valence-corrected chi connectivity index (χ4v) is 0.855. The van der Waals surface area contributed by atoms with Gasteiger partial charge in [-0.1, -0.05) is 0 Å². The molecule has 0 spiro atoms. The van der Waals surface area contributed by atoms with Gasteiger partial charge in [-0.25, -0.2) is 0 Å². The number of rotatable bonds is 7. The van der Waals surface area contributed by atoms with Gasteiger partial charge in [0.1, 0.15) is 0 Å². The molecule has 0 aliphatic heterocycles. The molecule has 14 heavy (non-hydrogen) atoms. The van der Waals surface area contributed by atoms with Crippen LogP contribution in [0, 0.1) is 0 Å². The third-order valence-corrected chi connectivity index (χ3v) is 2.15. The van der Waals surface area contributed by atoms with E-state index in [0.29, 0.717) is 13.2 Å². The predicted octanol–water partition coefficient (Wildman–Crippen LogP) is 0.527. The van der Waals surface area contributed by atoms with E-state index in [0.717, 1.165) is 13.0 Å². The van der Waals surface area contributed by atoms with Crippen molar-refractivity contribution < 1.29 is 9.53 Å². The number of carbonyl (C=O) groups is 1. The minimum absolute atomic E-state index is 0.0245. The molecular weight excluding hydrogens is 180 g/mol. The number of hydrogen-bond acceptors (Lipinski definition) is 3. The number of hydrogen-bond donors (Lipinski definition) is 2. The van der Waals surface area contributed by atoms with Gasteiger partial charge in [0.25, 0.3) is 0 Å². The molecule has 0 unspecified atom stereocenters. The van der Waals surface area contributed by atoms with Gasteiger partial charge >= 0.3 is 0 Å². The Labute approximate surface area is 86.4 Å². The Kier molecular flexibility index (Phi) is 6.49. The molecule has 0 saturated carbocycles. The zero-order valence-electron chi connectivity index (χ0n) is 9.64. The third kappa shape index (κ3) is 5.19. The topological polar surface area (TPSA) is 50.4 Å². The van der Waals surface area contributed by atoms with E-state index >= 15 is 0 Å². The van der Waals surface area contributed by atoms with Crippen LogP contribution in [0.4, 0.5) is 0 Å². The van der Waals surface area contributed by atoms with Crippen molar-refractivity contribution in [1.29, 1.82) is 0 Å². The molecule has 0 fully saturated rings. The lowest BCUT2D eigenvalue weighted by molar-refractivity contribution is -0.126. The molecule has 1 amide bonds. The average Bonchev–Trinajstić information content (AvgIpc) is 2.17. The van der Waals surface area contributed by atoms with Crippen LogP contribution in [0.3, 0.4) is 0 Å². The molecule has 84 valence electrons. The van der Waals surface area contributed by atoms with Gasteiger partial charge < -0.3 is 15.4 Å². The molecule has 0 saturated heterocycles. The van der Waals surface area contributed by atoms with E-state index < -0.39 is 5.54 Å². The van der Waals surface area contributed by atoms with E-state index in [-0.39, 0.29) is 5.91 Å². The van der Waals surface area contributed by atoms with Crippen molar-refractivity contribution in [3.05, 3.63) is 0 Å². The molecule has 0 heterocycles. The summed E-state index contributed by atoms with van der Waals surface area (Å²) in [5, 5.41) is 5.80. The van der Waals surface area contributed by atoms with Crippen molar-refractivity contribution in [1.82, 2.24) is 10.6 Å². The van der Waals surface area contributed by atoms with Crippen LogP contribution in [-0.4, -0.2) is 38.3 Å². The standard InChI is InChI=1S/C10H22N2O2/c1-5-14-8-6-7-12-9(13)10(2,3)11-4/h11H,5-8H2,1-4H3,(H,12,13). The summed E-state index contributed by atoms with van der Waals surface area (Å²) in [6, 6.07) is 0. The minimum atomic E-state index is -0.494. The van der Waals surface area contributed by atoms with Crippen LogP contribution in [0.2, 0.25) is 0 Å². The van der Waals surface area contributed by atoms with Crippen LogP contribution in [0.1, 0.15) is 27.2 Å². The van der Waals surface area contributed by atoms with Gasteiger partial charge in [-0.2, -0.15) is 0 Å². The first kappa shape index (κ1) is 13.4. The monoisotopic (exact) mass is 202 g/mol. The SMILES string of the molecule is CCOCCCNC(=O)C(C)(C)NC. The summed E-state index contributed by atoms with van der Waals surface area (Å²) in [4.78, 5) is 11.5. The van der Waals surface area contributed by atoms with Crippen LogP contribution >= 0.6 is 0 Å². The highest BCUT2D eigenvalue weighted by Crippen LogP contribution is 1.99. The summed E-state index contributed by atoms with van der Waals surface area (Å²) in [6.07, 6.45) is 0.860.